The van der Waals surface area contributed by atoms with Gasteiger partial charge < -0.3 is 5.73 Å². The molecule has 1 aromatic rings. The Morgan fingerprint density at radius 2 is 1.95 bits per heavy atom. The number of carbonyl (C=O) groups excluding carboxylic acids is 1. The Hall–Kier alpha value is -1.39. The molecule has 0 aliphatic heterocycles. The summed E-state index contributed by atoms with van der Waals surface area (Å²) in [5.41, 5.74) is 9.22. The summed E-state index contributed by atoms with van der Waals surface area (Å²) in [6, 6.07) is 9.70. The van der Waals surface area contributed by atoms with Crippen LogP contribution in [0.4, 0.5) is 0 Å². The molecule has 4 heteroatoms. The predicted molar refractivity (Wildman–Crippen MR) is 76.0 cm³/mol. The standard InChI is InChI=1S/C15H24N2O2/c1-15(2,3)9-13(10-16)14(18)17-19-11-12-7-5-4-6-8-12/h4-8,13H,9-11,16H2,1-3H3,(H,17,18). The van der Waals surface area contributed by atoms with Crippen molar-refractivity contribution < 1.29 is 9.63 Å². The Morgan fingerprint density at radius 3 is 2.47 bits per heavy atom. The van der Waals surface area contributed by atoms with Crippen LogP contribution in [0.25, 0.3) is 0 Å². The Labute approximate surface area is 115 Å². The molecule has 0 aliphatic carbocycles. The number of hydroxylamine groups is 1. The van der Waals surface area contributed by atoms with E-state index in [1.54, 1.807) is 0 Å². The van der Waals surface area contributed by atoms with Gasteiger partial charge in [0, 0.05) is 6.54 Å². The molecule has 0 bridgehead atoms. The van der Waals surface area contributed by atoms with Crippen LogP contribution in [0.5, 0.6) is 0 Å². The molecule has 1 aromatic carbocycles. The fourth-order valence-electron chi connectivity index (χ4n) is 1.87. The third kappa shape index (κ3) is 6.36. The highest BCUT2D eigenvalue weighted by molar-refractivity contribution is 5.77. The number of hydrogen-bond acceptors (Lipinski definition) is 3. The lowest BCUT2D eigenvalue weighted by molar-refractivity contribution is -0.139. The van der Waals surface area contributed by atoms with Gasteiger partial charge in [0.2, 0.25) is 5.91 Å². The van der Waals surface area contributed by atoms with E-state index in [9.17, 15) is 4.79 Å². The van der Waals surface area contributed by atoms with Crippen LogP contribution in [0, 0.1) is 11.3 Å². The minimum absolute atomic E-state index is 0.0702. The van der Waals surface area contributed by atoms with Crippen molar-refractivity contribution in [2.45, 2.75) is 33.8 Å². The number of carbonyl (C=O) groups is 1. The molecule has 0 aliphatic rings. The summed E-state index contributed by atoms with van der Waals surface area (Å²) in [5.74, 6) is -0.357. The van der Waals surface area contributed by atoms with Crippen molar-refractivity contribution in [3.05, 3.63) is 35.9 Å². The van der Waals surface area contributed by atoms with Gasteiger partial charge in [-0.15, -0.1) is 0 Å². The van der Waals surface area contributed by atoms with Gasteiger partial charge >= 0.3 is 0 Å². The van der Waals surface area contributed by atoms with Gasteiger partial charge in [-0.3, -0.25) is 9.63 Å². The van der Waals surface area contributed by atoms with E-state index in [0.717, 1.165) is 12.0 Å². The van der Waals surface area contributed by atoms with Crippen LogP contribution in [-0.4, -0.2) is 12.5 Å². The summed E-state index contributed by atoms with van der Waals surface area (Å²) in [4.78, 5) is 17.1. The van der Waals surface area contributed by atoms with Gasteiger partial charge in [0.05, 0.1) is 12.5 Å². The molecular weight excluding hydrogens is 240 g/mol. The smallest absolute Gasteiger partial charge is 0.247 e. The van der Waals surface area contributed by atoms with E-state index in [4.69, 9.17) is 10.6 Å². The molecule has 106 valence electrons. The molecule has 1 rings (SSSR count). The average molecular weight is 264 g/mol. The lowest BCUT2D eigenvalue weighted by Gasteiger charge is -2.24. The first kappa shape index (κ1) is 15.7. The summed E-state index contributed by atoms with van der Waals surface area (Å²) in [7, 11) is 0. The Morgan fingerprint density at radius 1 is 1.32 bits per heavy atom. The Balaban J connectivity index is 2.37. The van der Waals surface area contributed by atoms with Crippen molar-refractivity contribution in [3.8, 4) is 0 Å². The van der Waals surface area contributed by atoms with Crippen molar-refractivity contribution in [1.82, 2.24) is 5.48 Å². The first-order chi connectivity index (χ1) is 8.92. The molecule has 1 amide bonds. The third-order valence-electron chi connectivity index (χ3n) is 2.77. The van der Waals surface area contributed by atoms with E-state index in [1.165, 1.54) is 0 Å². The molecule has 3 N–H and O–H groups in total. The molecule has 0 spiro atoms. The first-order valence-corrected chi connectivity index (χ1v) is 6.58. The van der Waals surface area contributed by atoms with Crippen molar-refractivity contribution in [2.24, 2.45) is 17.1 Å². The average Bonchev–Trinajstić information content (AvgIpc) is 2.36. The molecule has 1 unspecified atom stereocenters. The molecule has 4 nitrogen and oxygen atoms in total. The number of amides is 1. The Kier molecular flexibility index (Phi) is 5.99. The maximum atomic E-state index is 11.9. The lowest BCUT2D eigenvalue weighted by atomic mass is 9.84. The van der Waals surface area contributed by atoms with Crippen molar-refractivity contribution in [3.63, 3.8) is 0 Å². The fraction of sp³-hybridized carbons (Fsp3) is 0.533. The van der Waals surface area contributed by atoms with E-state index in [2.05, 4.69) is 26.3 Å². The normalized spacial score (nSPS) is 13.1. The fourth-order valence-corrected chi connectivity index (χ4v) is 1.87. The van der Waals surface area contributed by atoms with Crippen LogP contribution >= 0.6 is 0 Å². The van der Waals surface area contributed by atoms with E-state index >= 15 is 0 Å². The molecular formula is C15H24N2O2. The van der Waals surface area contributed by atoms with Crippen LogP contribution in [0.1, 0.15) is 32.8 Å². The van der Waals surface area contributed by atoms with Gasteiger partial charge in [0.25, 0.3) is 0 Å². The van der Waals surface area contributed by atoms with Crippen molar-refractivity contribution in [1.29, 1.82) is 0 Å². The van der Waals surface area contributed by atoms with Gasteiger partial charge in [0.15, 0.2) is 0 Å². The maximum Gasteiger partial charge on any atom is 0.247 e. The highest BCUT2D eigenvalue weighted by atomic mass is 16.6. The predicted octanol–water partition coefficient (Wildman–Crippen LogP) is 2.25. The van der Waals surface area contributed by atoms with Crippen molar-refractivity contribution >= 4 is 5.91 Å². The van der Waals surface area contributed by atoms with Crippen LogP contribution in [0.3, 0.4) is 0 Å². The molecule has 19 heavy (non-hydrogen) atoms. The van der Waals surface area contributed by atoms with Crippen LogP contribution < -0.4 is 11.2 Å². The highest BCUT2D eigenvalue weighted by Crippen LogP contribution is 2.23. The minimum Gasteiger partial charge on any atom is -0.330 e. The largest absolute Gasteiger partial charge is 0.330 e. The highest BCUT2D eigenvalue weighted by Gasteiger charge is 2.23. The summed E-state index contributed by atoms with van der Waals surface area (Å²) < 4.78 is 0. The van der Waals surface area contributed by atoms with Gasteiger partial charge in [-0.05, 0) is 17.4 Å². The quantitative estimate of drug-likeness (QED) is 0.774. The molecule has 0 saturated carbocycles. The maximum absolute atomic E-state index is 11.9. The third-order valence-corrected chi connectivity index (χ3v) is 2.77. The summed E-state index contributed by atoms with van der Waals surface area (Å²) in [6.07, 6.45) is 0.740. The Bertz CT molecular complexity index is 385. The molecule has 0 radical (unpaired) electrons. The number of nitrogens with one attached hydrogen (secondary N) is 1. The summed E-state index contributed by atoms with van der Waals surface area (Å²) in [5, 5.41) is 0. The van der Waals surface area contributed by atoms with E-state index in [1.807, 2.05) is 30.3 Å². The second-order valence-corrected chi connectivity index (χ2v) is 5.94. The number of rotatable bonds is 6. The molecule has 0 aromatic heterocycles. The monoisotopic (exact) mass is 264 g/mol. The zero-order valence-electron chi connectivity index (χ0n) is 12.0. The van der Waals surface area contributed by atoms with Crippen LogP contribution in [-0.2, 0) is 16.2 Å². The van der Waals surface area contributed by atoms with Gasteiger partial charge in [-0.2, -0.15) is 0 Å². The SMILES string of the molecule is CC(C)(C)CC(CN)C(=O)NOCc1ccccc1. The summed E-state index contributed by atoms with van der Waals surface area (Å²) >= 11 is 0. The summed E-state index contributed by atoms with van der Waals surface area (Å²) in [6.45, 7) is 6.96. The first-order valence-electron chi connectivity index (χ1n) is 6.58. The zero-order valence-corrected chi connectivity index (χ0v) is 12.0. The minimum atomic E-state index is -0.212. The second-order valence-electron chi connectivity index (χ2n) is 5.94. The van der Waals surface area contributed by atoms with E-state index in [-0.39, 0.29) is 17.2 Å². The second kappa shape index (κ2) is 7.26. The van der Waals surface area contributed by atoms with Gasteiger partial charge in [-0.25, -0.2) is 5.48 Å². The lowest BCUT2D eigenvalue weighted by Crippen LogP contribution is -2.37. The van der Waals surface area contributed by atoms with Crippen LogP contribution in [0.15, 0.2) is 30.3 Å². The van der Waals surface area contributed by atoms with Gasteiger partial charge in [0.1, 0.15) is 0 Å². The van der Waals surface area contributed by atoms with E-state index < -0.39 is 0 Å². The van der Waals surface area contributed by atoms with Crippen LogP contribution in [0.2, 0.25) is 0 Å². The molecule has 0 saturated heterocycles. The van der Waals surface area contributed by atoms with Crippen molar-refractivity contribution in [2.75, 3.05) is 6.54 Å². The van der Waals surface area contributed by atoms with E-state index in [0.29, 0.717) is 13.2 Å². The number of benzene rings is 1. The topological polar surface area (TPSA) is 64.4 Å². The van der Waals surface area contributed by atoms with Gasteiger partial charge in [-0.1, -0.05) is 51.1 Å². The molecule has 0 fully saturated rings. The number of nitrogens with two attached hydrogens (primary N) is 1. The molecule has 1 atom stereocenters. The molecule has 0 heterocycles. The zero-order chi connectivity index (χ0) is 14.3. The number of hydrogen-bond donors (Lipinski definition) is 2.